The van der Waals surface area contributed by atoms with Gasteiger partial charge in [0.05, 0.1) is 0 Å². The summed E-state index contributed by atoms with van der Waals surface area (Å²) in [6, 6.07) is 7.52. The van der Waals surface area contributed by atoms with E-state index in [4.69, 9.17) is 9.47 Å². The van der Waals surface area contributed by atoms with Crippen molar-refractivity contribution in [2.75, 3.05) is 18.5 Å². The number of nitrogens with zero attached hydrogens (tertiary/aromatic N) is 2. The number of hydrogen-bond donors (Lipinski definition) is 2. The molecule has 2 N–H and O–H groups in total. The van der Waals surface area contributed by atoms with Crippen LogP contribution in [0.1, 0.15) is 29.0 Å². The summed E-state index contributed by atoms with van der Waals surface area (Å²) in [5, 5.41) is 6.06. The number of anilines is 2. The Bertz CT molecular complexity index is 789. The maximum atomic E-state index is 12.2. The molecule has 1 aliphatic heterocycles. The van der Waals surface area contributed by atoms with Crippen molar-refractivity contribution in [3.63, 3.8) is 0 Å². The molecule has 1 fully saturated rings. The van der Waals surface area contributed by atoms with Gasteiger partial charge >= 0.3 is 0 Å². The molecule has 4 rings (SSSR count). The Hall–Kier alpha value is -2.83. The first-order valence-electron chi connectivity index (χ1n) is 8.00. The predicted molar refractivity (Wildman–Crippen MR) is 88.0 cm³/mol. The summed E-state index contributed by atoms with van der Waals surface area (Å²) in [5.74, 6) is 1.63. The maximum Gasteiger partial charge on any atom is 0.270 e. The van der Waals surface area contributed by atoms with Crippen LogP contribution in [-0.2, 0) is 0 Å². The Kier molecular flexibility index (Phi) is 3.68. The van der Waals surface area contributed by atoms with Gasteiger partial charge in [-0.1, -0.05) is 0 Å². The lowest BCUT2D eigenvalue weighted by Gasteiger charge is -2.19. The van der Waals surface area contributed by atoms with E-state index in [0.29, 0.717) is 36.6 Å². The summed E-state index contributed by atoms with van der Waals surface area (Å²) in [5.41, 5.74) is 1.87. The average molecular weight is 326 g/mol. The normalized spacial score (nSPS) is 15.7. The highest BCUT2D eigenvalue weighted by Crippen LogP contribution is 2.33. The number of aryl methyl sites for hydroxylation is 1. The highest BCUT2D eigenvalue weighted by atomic mass is 16.6. The maximum absolute atomic E-state index is 12.2. The van der Waals surface area contributed by atoms with Crippen LogP contribution in [0, 0.1) is 6.92 Å². The van der Waals surface area contributed by atoms with Gasteiger partial charge in [-0.3, -0.25) is 4.79 Å². The number of ether oxygens (including phenoxy) is 2. The number of carbonyl (C=O) groups excluding carboxylic acids is 1. The SMILES string of the molecule is Cc1cc(C(=O)NC2CC2)nc(Nc2ccc3c(c2)OCCO3)n1. The number of nitrogens with one attached hydrogen (secondary N) is 2. The minimum atomic E-state index is -0.159. The predicted octanol–water partition coefficient (Wildman–Crippen LogP) is 2.19. The Labute approximate surface area is 139 Å². The number of aromatic nitrogens is 2. The first kappa shape index (κ1) is 14.7. The van der Waals surface area contributed by atoms with E-state index in [1.54, 1.807) is 6.07 Å². The quantitative estimate of drug-likeness (QED) is 0.896. The minimum Gasteiger partial charge on any atom is -0.486 e. The molecule has 2 aliphatic rings. The summed E-state index contributed by atoms with van der Waals surface area (Å²) in [4.78, 5) is 20.8. The molecule has 0 radical (unpaired) electrons. The number of carbonyl (C=O) groups is 1. The van der Waals surface area contributed by atoms with Crippen LogP contribution in [0.25, 0.3) is 0 Å². The molecule has 0 spiro atoms. The van der Waals surface area contributed by atoms with Crippen molar-refractivity contribution in [1.29, 1.82) is 0 Å². The molecule has 24 heavy (non-hydrogen) atoms. The fourth-order valence-electron chi connectivity index (χ4n) is 2.48. The van der Waals surface area contributed by atoms with Gasteiger partial charge in [-0.25, -0.2) is 9.97 Å². The van der Waals surface area contributed by atoms with Crippen LogP contribution < -0.4 is 20.1 Å². The van der Waals surface area contributed by atoms with E-state index >= 15 is 0 Å². The monoisotopic (exact) mass is 326 g/mol. The number of benzene rings is 1. The average Bonchev–Trinajstić information content (AvgIpc) is 3.38. The Morgan fingerprint density at radius 3 is 2.71 bits per heavy atom. The minimum absolute atomic E-state index is 0.159. The van der Waals surface area contributed by atoms with Crippen molar-refractivity contribution >= 4 is 17.5 Å². The third-order valence-corrected chi connectivity index (χ3v) is 3.80. The van der Waals surface area contributed by atoms with Crippen molar-refractivity contribution < 1.29 is 14.3 Å². The second kappa shape index (κ2) is 5.99. The van der Waals surface area contributed by atoms with Crippen molar-refractivity contribution in [2.24, 2.45) is 0 Å². The van der Waals surface area contributed by atoms with E-state index in [1.165, 1.54) is 0 Å². The van der Waals surface area contributed by atoms with Gasteiger partial charge in [0.2, 0.25) is 5.95 Å². The smallest absolute Gasteiger partial charge is 0.270 e. The van der Waals surface area contributed by atoms with E-state index in [0.717, 1.165) is 30.0 Å². The van der Waals surface area contributed by atoms with Gasteiger partial charge in [-0.2, -0.15) is 0 Å². The van der Waals surface area contributed by atoms with E-state index in [1.807, 2.05) is 25.1 Å². The second-order valence-electron chi connectivity index (χ2n) is 5.95. The van der Waals surface area contributed by atoms with Crippen LogP contribution in [0.5, 0.6) is 11.5 Å². The molecule has 2 heterocycles. The molecule has 7 nitrogen and oxygen atoms in total. The first-order valence-corrected chi connectivity index (χ1v) is 8.00. The van der Waals surface area contributed by atoms with Crippen molar-refractivity contribution in [1.82, 2.24) is 15.3 Å². The molecule has 0 bridgehead atoms. The fourth-order valence-corrected chi connectivity index (χ4v) is 2.48. The van der Waals surface area contributed by atoms with Crippen LogP contribution in [0.3, 0.4) is 0 Å². The molecule has 1 aliphatic carbocycles. The summed E-state index contributed by atoms with van der Waals surface area (Å²) in [7, 11) is 0. The zero-order valence-corrected chi connectivity index (χ0v) is 13.3. The van der Waals surface area contributed by atoms with Crippen molar-refractivity contribution in [3.05, 3.63) is 35.7 Å². The van der Waals surface area contributed by atoms with Gasteiger partial charge in [-0.15, -0.1) is 0 Å². The summed E-state index contributed by atoms with van der Waals surface area (Å²) >= 11 is 0. The molecule has 0 saturated heterocycles. The van der Waals surface area contributed by atoms with E-state index in [9.17, 15) is 4.79 Å². The zero-order valence-electron chi connectivity index (χ0n) is 13.3. The number of hydrogen-bond acceptors (Lipinski definition) is 6. The zero-order chi connectivity index (χ0) is 16.5. The van der Waals surface area contributed by atoms with Gasteiger partial charge in [0.15, 0.2) is 11.5 Å². The summed E-state index contributed by atoms with van der Waals surface area (Å²) < 4.78 is 11.1. The van der Waals surface area contributed by atoms with E-state index in [-0.39, 0.29) is 5.91 Å². The molecule has 0 atom stereocenters. The fraction of sp³-hybridized carbons (Fsp3) is 0.353. The number of amides is 1. The van der Waals surface area contributed by atoms with Gasteiger partial charge in [-0.05, 0) is 38.0 Å². The highest BCUT2D eigenvalue weighted by Gasteiger charge is 2.24. The van der Waals surface area contributed by atoms with Gasteiger partial charge in [0.25, 0.3) is 5.91 Å². The van der Waals surface area contributed by atoms with E-state index in [2.05, 4.69) is 20.6 Å². The molecular formula is C17H18N4O3. The lowest BCUT2D eigenvalue weighted by atomic mass is 10.2. The molecule has 1 aromatic carbocycles. The van der Waals surface area contributed by atoms with Gasteiger partial charge in [0.1, 0.15) is 18.9 Å². The highest BCUT2D eigenvalue weighted by molar-refractivity contribution is 5.93. The third kappa shape index (κ3) is 3.24. The molecule has 1 amide bonds. The molecule has 1 saturated carbocycles. The van der Waals surface area contributed by atoms with Crippen LogP contribution in [-0.4, -0.2) is 35.1 Å². The number of rotatable bonds is 4. The Balaban J connectivity index is 1.55. The summed E-state index contributed by atoms with van der Waals surface area (Å²) in [6.45, 7) is 2.92. The van der Waals surface area contributed by atoms with Crippen LogP contribution >= 0.6 is 0 Å². The Morgan fingerprint density at radius 1 is 1.12 bits per heavy atom. The largest absolute Gasteiger partial charge is 0.486 e. The molecule has 7 heteroatoms. The van der Waals surface area contributed by atoms with Crippen LogP contribution in [0.2, 0.25) is 0 Å². The van der Waals surface area contributed by atoms with Gasteiger partial charge < -0.3 is 20.1 Å². The lowest BCUT2D eigenvalue weighted by molar-refractivity contribution is 0.0946. The van der Waals surface area contributed by atoms with Gasteiger partial charge in [0, 0.05) is 23.5 Å². The van der Waals surface area contributed by atoms with Crippen molar-refractivity contribution in [3.8, 4) is 11.5 Å². The second-order valence-corrected chi connectivity index (χ2v) is 5.95. The first-order chi connectivity index (χ1) is 11.7. The lowest BCUT2D eigenvalue weighted by Crippen LogP contribution is -2.26. The topological polar surface area (TPSA) is 85.4 Å². The Morgan fingerprint density at radius 2 is 1.92 bits per heavy atom. The summed E-state index contributed by atoms with van der Waals surface area (Å²) in [6.07, 6.45) is 2.08. The van der Waals surface area contributed by atoms with Crippen LogP contribution in [0.15, 0.2) is 24.3 Å². The number of fused-ring (bicyclic) bond motifs is 1. The molecule has 1 aromatic heterocycles. The van der Waals surface area contributed by atoms with E-state index < -0.39 is 0 Å². The van der Waals surface area contributed by atoms with Crippen LogP contribution in [0.4, 0.5) is 11.6 Å². The standard InChI is InChI=1S/C17H18N4O3/c1-10-8-13(16(22)19-11-2-3-11)21-17(18-10)20-12-4-5-14-15(9-12)24-7-6-23-14/h4-5,8-9,11H,2-3,6-7H2,1H3,(H,19,22)(H,18,20,21). The molecular weight excluding hydrogens is 308 g/mol. The molecule has 0 unspecified atom stereocenters. The molecule has 2 aromatic rings. The molecule has 124 valence electrons. The third-order valence-electron chi connectivity index (χ3n) is 3.80. The van der Waals surface area contributed by atoms with Crippen molar-refractivity contribution in [2.45, 2.75) is 25.8 Å².